The molecule has 0 radical (unpaired) electrons. The van der Waals surface area contributed by atoms with E-state index >= 15 is 0 Å². The zero-order valence-corrected chi connectivity index (χ0v) is 11.0. The molecule has 0 amide bonds. The summed E-state index contributed by atoms with van der Waals surface area (Å²) in [6, 6.07) is 7.28. The third-order valence-electron chi connectivity index (χ3n) is 1.99. The maximum absolute atomic E-state index is 5.87. The third kappa shape index (κ3) is 4.50. The Morgan fingerprint density at radius 2 is 1.19 bits per heavy atom. The minimum Gasteiger partial charge on any atom is -0.475 e. The molecule has 0 spiro atoms. The maximum Gasteiger partial charge on any atom is 0.171 e. The minimum absolute atomic E-state index is 0.289. The van der Waals surface area contributed by atoms with Crippen molar-refractivity contribution >= 4 is 23.2 Å². The number of benzene rings is 1. The molecule has 4 heteroatoms. The van der Waals surface area contributed by atoms with E-state index in [-0.39, 0.29) is 11.1 Å². The van der Waals surface area contributed by atoms with Crippen molar-refractivity contribution in [3.05, 3.63) is 24.3 Å². The van der Waals surface area contributed by atoms with Gasteiger partial charge in [-0.1, -0.05) is 37.0 Å². The predicted molar refractivity (Wildman–Crippen MR) is 67.6 cm³/mol. The van der Waals surface area contributed by atoms with Gasteiger partial charge in [0.1, 0.15) is 11.5 Å². The second-order valence-electron chi connectivity index (χ2n) is 3.34. The van der Waals surface area contributed by atoms with E-state index in [2.05, 4.69) is 0 Å². The van der Waals surface area contributed by atoms with Gasteiger partial charge in [-0.3, -0.25) is 0 Å². The molecule has 16 heavy (non-hydrogen) atoms. The van der Waals surface area contributed by atoms with Gasteiger partial charge in [0.2, 0.25) is 0 Å². The van der Waals surface area contributed by atoms with Crippen LogP contribution in [0.25, 0.3) is 0 Å². The molecule has 0 aliphatic rings. The second kappa shape index (κ2) is 6.87. The summed E-state index contributed by atoms with van der Waals surface area (Å²) in [5, 5.41) is 0. The average Bonchev–Trinajstić information content (AvgIpc) is 2.31. The van der Waals surface area contributed by atoms with Crippen LogP contribution in [0.15, 0.2) is 24.3 Å². The first-order chi connectivity index (χ1) is 7.65. The number of rotatable bonds is 6. The summed E-state index contributed by atoms with van der Waals surface area (Å²) in [4.78, 5) is 0. The molecule has 0 fully saturated rings. The van der Waals surface area contributed by atoms with Gasteiger partial charge in [-0.15, -0.1) is 0 Å². The quantitative estimate of drug-likeness (QED) is 0.708. The van der Waals surface area contributed by atoms with Gasteiger partial charge in [0.15, 0.2) is 11.1 Å². The highest BCUT2D eigenvalue weighted by molar-refractivity contribution is 6.20. The van der Waals surface area contributed by atoms with Crippen LogP contribution in [0.2, 0.25) is 0 Å². The molecule has 0 saturated heterocycles. The topological polar surface area (TPSA) is 18.5 Å². The normalized spacial score (nSPS) is 14.2. The fourth-order valence-corrected chi connectivity index (χ4v) is 1.26. The first kappa shape index (κ1) is 13.5. The molecule has 0 bridgehead atoms. The van der Waals surface area contributed by atoms with Crippen LogP contribution in [-0.4, -0.2) is 11.1 Å². The predicted octanol–water partition coefficient (Wildman–Crippen LogP) is 4.39. The van der Waals surface area contributed by atoms with Gasteiger partial charge in [0, 0.05) is 0 Å². The van der Waals surface area contributed by atoms with Crippen molar-refractivity contribution in [3.63, 3.8) is 0 Å². The minimum atomic E-state index is -0.289. The van der Waals surface area contributed by atoms with E-state index in [1.165, 1.54) is 0 Å². The fraction of sp³-hybridized carbons (Fsp3) is 0.500. The molecule has 2 atom stereocenters. The monoisotopic (exact) mass is 262 g/mol. The van der Waals surface area contributed by atoms with Crippen LogP contribution in [0, 0.1) is 0 Å². The van der Waals surface area contributed by atoms with E-state index in [1.54, 1.807) is 0 Å². The lowest BCUT2D eigenvalue weighted by atomic mass is 10.3. The van der Waals surface area contributed by atoms with Gasteiger partial charge in [-0.25, -0.2) is 0 Å². The van der Waals surface area contributed by atoms with Crippen LogP contribution in [-0.2, 0) is 0 Å². The molecule has 0 N–H and O–H groups in total. The first-order valence-electron chi connectivity index (χ1n) is 5.37. The van der Waals surface area contributed by atoms with Crippen LogP contribution in [0.3, 0.4) is 0 Å². The average molecular weight is 263 g/mol. The van der Waals surface area contributed by atoms with Crippen LogP contribution in [0.4, 0.5) is 0 Å². The lowest BCUT2D eigenvalue weighted by Gasteiger charge is -2.13. The Hall–Kier alpha value is -0.600. The molecule has 1 rings (SSSR count). The van der Waals surface area contributed by atoms with Crippen LogP contribution in [0.5, 0.6) is 11.5 Å². The number of alkyl halides is 2. The van der Waals surface area contributed by atoms with Crippen molar-refractivity contribution in [1.29, 1.82) is 0 Å². The largest absolute Gasteiger partial charge is 0.475 e. The van der Waals surface area contributed by atoms with Gasteiger partial charge in [-0.05, 0) is 37.1 Å². The van der Waals surface area contributed by atoms with Gasteiger partial charge >= 0.3 is 0 Å². The zero-order valence-electron chi connectivity index (χ0n) is 9.45. The molecule has 2 unspecified atom stereocenters. The van der Waals surface area contributed by atoms with Gasteiger partial charge in [-0.2, -0.15) is 0 Å². The van der Waals surface area contributed by atoms with Crippen molar-refractivity contribution in [2.45, 2.75) is 37.8 Å². The van der Waals surface area contributed by atoms with E-state index in [1.807, 2.05) is 38.1 Å². The second-order valence-corrected chi connectivity index (χ2v) is 4.32. The van der Waals surface area contributed by atoms with Gasteiger partial charge < -0.3 is 9.47 Å². The Bertz CT molecular complexity index is 269. The van der Waals surface area contributed by atoms with Crippen LogP contribution < -0.4 is 9.47 Å². The molecule has 0 aliphatic heterocycles. The van der Waals surface area contributed by atoms with E-state index in [0.717, 1.165) is 24.3 Å². The van der Waals surface area contributed by atoms with Crippen molar-refractivity contribution in [1.82, 2.24) is 0 Å². The highest BCUT2D eigenvalue weighted by atomic mass is 35.5. The summed E-state index contributed by atoms with van der Waals surface area (Å²) in [7, 11) is 0. The smallest absolute Gasteiger partial charge is 0.171 e. The Kier molecular flexibility index (Phi) is 5.78. The molecule has 0 aromatic heterocycles. The Morgan fingerprint density at radius 3 is 1.44 bits per heavy atom. The first-order valence-corrected chi connectivity index (χ1v) is 6.24. The summed E-state index contributed by atoms with van der Waals surface area (Å²) in [5.41, 5.74) is -0.577. The summed E-state index contributed by atoms with van der Waals surface area (Å²) in [5.74, 6) is 1.47. The van der Waals surface area contributed by atoms with Crippen molar-refractivity contribution in [2.75, 3.05) is 0 Å². The maximum atomic E-state index is 5.87. The fourth-order valence-electron chi connectivity index (χ4n) is 1.06. The molecule has 2 nitrogen and oxygen atoms in total. The van der Waals surface area contributed by atoms with E-state index in [0.29, 0.717) is 0 Å². The van der Waals surface area contributed by atoms with Crippen LogP contribution in [0.1, 0.15) is 26.7 Å². The molecule has 0 saturated carbocycles. The SMILES string of the molecule is CCC(Cl)Oc1ccc(OC(Cl)CC)cc1. The number of ether oxygens (including phenoxy) is 2. The highest BCUT2D eigenvalue weighted by Crippen LogP contribution is 2.22. The summed E-state index contributed by atoms with van der Waals surface area (Å²) in [6.07, 6.45) is 1.53. The summed E-state index contributed by atoms with van der Waals surface area (Å²) < 4.78 is 10.9. The molecule has 1 aromatic rings. The van der Waals surface area contributed by atoms with Crippen molar-refractivity contribution in [2.24, 2.45) is 0 Å². The molecule has 90 valence electrons. The number of halogens is 2. The third-order valence-corrected chi connectivity index (χ3v) is 2.79. The Labute approximate surface area is 106 Å². The van der Waals surface area contributed by atoms with E-state index < -0.39 is 0 Å². The molecule has 0 heterocycles. The molecule has 1 aromatic carbocycles. The van der Waals surface area contributed by atoms with Gasteiger partial charge in [0.25, 0.3) is 0 Å². The van der Waals surface area contributed by atoms with Gasteiger partial charge in [0.05, 0.1) is 0 Å². The molecule has 0 aliphatic carbocycles. The van der Waals surface area contributed by atoms with E-state index in [4.69, 9.17) is 32.7 Å². The summed E-state index contributed by atoms with van der Waals surface area (Å²) >= 11 is 11.7. The lowest BCUT2D eigenvalue weighted by Crippen LogP contribution is -2.07. The summed E-state index contributed by atoms with van der Waals surface area (Å²) in [6.45, 7) is 3.93. The van der Waals surface area contributed by atoms with Crippen molar-refractivity contribution < 1.29 is 9.47 Å². The molecular weight excluding hydrogens is 247 g/mol. The van der Waals surface area contributed by atoms with Crippen LogP contribution >= 0.6 is 23.2 Å². The number of hydrogen-bond acceptors (Lipinski definition) is 2. The standard InChI is InChI=1S/C12H16Cl2O2/c1-3-11(13)15-9-5-7-10(8-6-9)16-12(14)4-2/h5-8,11-12H,3-4H2,1-2H3. The number of hydrogen-bond donors (Lipinski definition) is 0. The van der Waals surface area contributed by atoms with E-state index in [9.17, 15) is 0 Å². The lowest BCUT2D eigenvalue weighted by molar-refractivity contribution is 0.269. The zero-order chi connectivity index (χ0) is 12.0. The highest BCUT2D eigenvalue weighted by Gasteiger charge is 2.05. The molecular formula is C12H16Cl2O2. The Morgan fingerprint density at radius 1 is 0.875 bits per heavy atom. The Balaban J connectivity index is 2.54. The van der Waals surface area contributed by atoms with Crippen molar-refractivity contribution in [3.8, 4) is 11.5 Å².